The lowest BCUT2D eigenvalue weighted by Gasteiger charge is -2.30. The first-order chi connectivity index (χ1) is 15.5. The number of aliphatic hydroxyl groups excluding tert-OH is 2. The first kappa shape index (κ1) is 23.4. The third-order valence-corrected chi connectivity index (χ3v) is 5.21. The molecule has 1 aromatic heterocycles. The van der Waals surface area contributed by atoms with Crippen LogP contribution in [0.25, 0.3) is 0 Å². The summed E-state index contributed by atoms with van der Waals surface area (Å²) in [5, 5.41) is 24.3. The number of rotatable bonds is 10. The summed E-state index contributed by atoms with van der Waals surface area (Å²) in [7, 11) is 0. The van der Waals surface area contributed by atoms with Gasteiger partial charge in [-0.05, 0) is 30.0 Å². The summed E-state index contributed by atoms with van der Waals surface area (Å²) >= 11 is 0. The molecule has 0 aliphatic heterocycles. The van der Waals surface area contributed by atoms with E-state index in [0.29, 0.717) is 12.8 Å². The lowest BCUT2D eigenvalue weighted by Crippen LogP contribution is -2.55. The maximum atomic E-state index is 12.4. The number of hydrogen-bond acceptors (Lipinski definition) is 6. The first-order valence-corrected chi connectivity index (χ1v) is 10.5. The first-order valence-electron chi connectivity index (χ1n) is 10.5. The van der Waals surface area contributed by atoms with Crippen molar-refractivity contribution in [3.63, 3.8) is 0 Å². The SMILES string of the molecule is N[C@@H](Cc1ccccc1)[C@@H](O)[C@H](O)[C@H](Cc1ccccc1)NC(=O)OCc1cccnc1. The predicted octanol–water partition coefficient (Wildman–Crippen LogP) is 2.21. The van der Waals surface area contributed by atoms with E-state index in [2.05, 4.69) is 10.3 Å². The Morgan fingerprint density at radius 1 is 0.875 bits per heavy atom. The standard InChI is InChI=1S/C25H29N3O4/c26-21(14-18-8-3-1-4-9-18)23(29)24(30)22(15-19-10-5-2-6-11-19)28-25(31)32-17-20-12-7-13-27-16-20/h1-13,16,21-24,29-30H,14-15,17,26H2,(H,28,31)/t21-,22-,23+,24+/m0/s1. The van der Waals surface area contributed by atoms with E-state index in [0.717, 1.165) is 16.7 Å². The van der Waals surface area contributed by atoms with Gasteiger partial charge in [0, 0.05) is 24.0 Å². The van der Waals surface area contributed by atoms with Gasteiger partial charge in [0.25, 0.3) is 0 Å². The van der Waals surface area contributed by atoms with Gasteiger partial charge in [0.2, 0.25) is 0 Å². The van der Waals surface area contributed by atoms with Gasteiger partial charge in [-0.25, -0.2) is 4.79 Å². The molecular weight excluding hydrogens is 406 g/mol. The highest BCUT2D eigenvalue weighted by atomic mass is 16.5. The molecule has 2 aromatic carbocycles. The highest BCUT2D eigenvalue weighted by molar-refractivity contribution is 5.67. The largest absolute Gasteiger partial charge is 0.445 e. The van der Waals surface area contributed by atoms with Crippen molar-refractivity contribution in [1.82, 2.24) is 10.3 Å². The number of carbonyl (C=O) groups excluding carboxylic acids is 1. The number of ether oxygens (including phenoxy) is 1. The van der Waals surface area contributed by atoms with Crippen LogP contribution in [-0.2, 0) is 24.2 Å². The summed E-state index contributed by atoms with van der Waals surface area (Å²) in [6.07, 6.45) is 0.702. The molecule has 0 bridgehead atoms. The van der Waals surface area contributed by atoms with Crippen molar-refractivity contribution in [2.45, 2.75) is 43.7 Å². The van der Waals surface area contributed by atoms with Crippen LogP contribution in [0.3, 0.4) is 0 Å². The number of pyridine rings is 1. The van der Waals surface area contributed by atoms with E-state index in [1.165, 1.54) is 0 Å². The predicted molar refractivity (Wildman–Crippen MR) is 122 cm³/mol. The van der Waals surface area contributed by atoms with Crippen molar-refractivity contribution in [3.05, 3.63) is 102 Å². The maximum absolute atomic E-state index is 12.4. The van der Waals surface area contributed by atoms with Gasteiger partial charge in [0.1, 0.15) is 12.7 Å². The van der Waals surface area contributed by atoms with Gasteiger partial charge in [-0.2, -0.15) is 0 Å². The Labute approximate surface area is 187 Å². The van der Waals surface area contributed by atoms with Crippen molar-refractivity contribution in [2.75, 3.05) is 0 Å². The Kier molecular flexibility index (Phi) is 8.74. The normalized spacial score (nSPS) is 14.7. The molecule has 3 aromatic rings. The fraction of sp³-hybridized carbons (Fsp3) is 0.280. The Hall–Kier alpha value is -3.26. The van der Waals surface area contributed by atoms with Crippen molar-refractivity contribution >= 4 is 6.09 Å². The van der Waals surface area contributed by atoms with Gasteiger partial charge in [-0.15, -0.1) is 0 Å². The van der Waals surface area contributed by atoms with E-state index >= 15 is 0 Å². The summed E-state index contributed by atoms with van der Waals surface area (Å²) in [6, 6.07) is 21.0. The van der Waals surface area contributed by atoms with Crippen molar-refractivity contribution in [1.29, 1.82) is 0 Å². The topological polar surface area (TPSA) is 118 Å². The molecule has 0 radical (unpaired) electrons. The molecule has 0 saturated carbocycles. The fourth-order valence-electron chi connectivity index (χ4n) is 3.45. The van der Waals surface area contributed by atoms with Crippen LogP contribution in [0.2, 0.25) is 0 Å². The molecule has 1 amide bonds. The molecule has 0 aliphatic carbocycles. The summed E-state index contributed by atoms with van der Waals surface area (Å²) in [5.41, 5.74) is 8.78. The lowest BCUT2D eigenvalue weighted by atomic mass is 9.92. The zero-order valence-corrected chi connectivity index (χ0v) is 17.7. The number of amides is 1. The number of carbonyl (C=O) groups is 1. The summed E-state index contributed by atoms with van der Waals surface area (Å²) in [6.45, 7) is 0.0455. The highest BCUT2D eigenvalue weighted by Crippen LogP contribution is 2.14. The smallest absolute Gasteiger partial charge is 0.407 e. The molecule has 4 atom stereocenters. The molecule has 32 heavy (non-hydrogen) atoms. The molecule has 0 fully saturated rings. The van der Waals surface area contributed by atoms with Gasteiger partial charge in [-0.1, -0.05) is 66.7 Å². The van der Waals surface area contributed by atoms with E-state index in [1.54, 1.807) is 24.5 Å². The van der Waals surface area contributed by atoms with Gasteiger partial charge in [0.15, 0.2) is 0 Å². The minimum Gasteiger partial charge on any atom is -0.445 e. The third-order valence-electron chi connectivity index (χ3n) is 5.21. The van der Waals surface area contributed by atoms with E-state index < -0.39 is 30.4 Å². The molecule has 7 nitrogen and oxygen atoms in total. The summed E-state index contributed by atoms with van der Waals surface area (Å²) in [4.78, 5) is 16.4. The molecule has 1 heterocycles. The van der Waals surface area contributed by atoms with Gasteiger partial charge >= 0.3 is 6.09 Å². The van der Waals surface area contributed by atoms with Crippen molar-refractivity contribution in [2.24, 2.45) is 5.73 Å². The number of nitrogens with one attached hydrogen (secondary N) is 1. The van der Waals surface area contributed by atoms with Crippen LogP contribution < -0.4 is 11.1 Å². The molecular formula is C25H29N3O4. The number of hydrogen-bond donors (Lipinski definition) is 4. The Bertz CT molecular complexity index is 941. The van der Waals surface area contributed by atoms with Gasteiger partial charge in [0.05, 0.1) is 12.1 Å². The zero-order chi connectivity index (χ0) is 22.8. The average molecular weight is 436 g/mol. The highest BCUT2D eigenvalue weighted by Gasteiger charge is 2.32. The molecule has 7 heteroatoms. The average Bonchev–Trinajstić information content (AvgIpc) is 2.83. The second kappa shape index (κ2) is 12.0. The lowest BCUT2D eigenvalue weighted by molar-refractivity contribution is -0.0172. The number of benzene rings is 2. The minimum atomic E-state index is -1.29. The number of nitrogens with two attached hydrogens (primary N) is 1. The molecule has 5 N–H and O–H groups in total. The monoisotopic (exact) mass is 435 g/mol. The Morgan fingerprint density at radius 3 is 2.06 bits per heavy atom. The molecule has 0 spiro atoms. The molecule has 0 saturated heterocycles. The van der Waals surface area contributed by atoms with Gasteiger partial charge in [-0.3, -0.25) is 4.98 Å². The van der Waals surface area contributed by atoms with Crippen molar-refractivity contribution in [3.8, 4) is 0 Å². The van der Waals surface area contributed by atoms with Crippen LogP contribution in [0.5, 0.6) is 0 Å². The molecule has 3 rings (SSSR count). The second-order valence-electron chi connectivity index (χ2n) is 7.71. The molecule has 168 valence electrons. The molecule has 0 unspecified atom stereocenters. The molecule has 0 aliphatic rings. The van der Waals surface area contributed by atoms with Crippen LogP contribution in [0.4, 0.5) is 4.79 Å². The van der Waals surface area contributed by atoms with Crippen LogP contribution in [0.1, 0.15) is 16.7 Å². The summed E-state index contributed by atoms with van der Waals surface area (Å²) in [5.74, 6) is 0. The Morgan fingerprint density at radius 2 is 1.47 bits per heavy atom. The van der Waals surface area contributed by atoms with Crippen molar-refractivity contribution < 1.29 is 19.7 Å². The number of aromatic nitrogens is 1. The number of alkyl carbamates (subject to hydrolysis) is 1. The fourth-order valence-corrected chi connectivity index (χ4v) is 3.45. The maximum Gasteiger partial charge on any atom is 0.407 e. The van der Waals surface area contributed by atoms with Gasteiger partial charge < -0.3 is 26.0 Å². The van der Waals surface area contributed by atoms with E-state index in [4.69, 9.17) is 10.5 Å². The Balaban J connectivity index is 1.65. The minimum absolute atomic E-state index is 0.0455. The van der Waals surface area contributed by atoms with Crippen LogP contribution in [-0.4, -0.2) is 45.6 Å². The number of aliphatic hydroxyl groups is 2. The quantitative estimate of drug-likeness (QED) is 0.388. The zero-order valence-electron chi connectivity index (χ0n) is 17.7. The van der Waals surface area contributed by atoms with Crippen LogP contribution >= 0.6 is 0 Å². The van der Waals surface area contributed by atoms with E-state index in [-0.39, 0.29) is 6.61 Å². The second-order valence-corrected chi connectivity index (χ2v) is 7.71. The summed E-state index contributed by atoms with van der Waals surface area (Å²) < 4.78 is 5.27. The number of nitrogens with zero attached hydrogens (tertiary/aromatic N) is 1. The van der Waals surface area contributed by atoms with Crippen LogP contribution in [0, 0.1) is 0 Å². The van der Waals surface area contributed by atoms with Crippen LogP contribution in [0.15, 0.2) is 85.2 Å². The van der Waals surface area contributed by atoms with E-state index in [1.807, 2.05) is 60.7 Å². The third kappa shape index (κ3) is 7.16. The van der Waals surface area contributed by atoms with E-state index in [9.17, 15) is 15.0 Å².